The van der Waals surface area contributed by atoms with Crippen LogP contribution in [0.1, 0.15) is 27.2 Å². The third-order valence-corrected chi connectivity index (χ3v) is 1.57. The van der Waals surface area contributed by atoms with Crippen molar-refractivity contribution < 1.29 is 9.68 Å². The van der Waals surface area contributed by atoms with Crippen LogP contribution in [0.25, 0.3) is 0 Å². The van der Waals surface area contributed by atoms with E-state index in [-0.39, 0.29) is 12.2 Å². The largest absolute Gasteiger partial charge is 0.284 e. The van der Waals surface area contributed by atoms with Crippen LogP contribution in [-0.2, 0) is 9.68 Å². The summed E-state index contributed by atoms with van der Waals surface area (Å²) in [6, 6.07) is 0. The lowest BCUT2D eigenvalue weighted by Crippen LogP contribution is -2.41. The molecule has 5 N–H and O–H groups in total. The maximum Gasteiger partial charge on any atom is 0.0917 e. The van der Waals surface area contributed by atoms with E-state index in [1.807, 2.05) is 13.8 Å². The van der Waals surface area contributed by atoms with Gasteiger partial charge in [0.25, 0.3) is 0 Å². The summed E-state index contributed by atoms with van der Waals surface area (Å²) in [5.74, 6) is 4.95. The first-order valence-electron chi connectivity index (χ1n) is 4.45. The van der Waals surface area contributed by atoms with Crippen molar-refractivity contribution in [3.05, 3.63) is 0 Å². The fourth-order valence-electron chi connectivity index (χ4n) is 0.569. The van der Waals surface area contributed by atoms with Crippen LogP contribution in [0.5, 0.6) is 0 Å². The first-order valence-corrected chi connectivity index (χ1v) is 4.45. The fraction of sp³-hybridized carbons (Fsp3) is 1.00. The Morgan fingerprint density at radius 1 is 1.23 bits per heavy atom. The second-order valence-electron chi connectivity index (χ2n) is 2.87. The van der Waals surface area contributed by atoms with Gasteiger partial charge in [0.15, 0.2) is 0 Å². The molecule has 0 saturated heterocycles. The zero-order valence-corrected chi connectivity index (χ0v) is 8.46. The standard InChI is InChI=1S/C7H20N4O2/c1-4-6(2)13-11-9-5-7(3)12-10-8/h6-7,9-11H,4-5,8H2,1-3H3. The predicted molar refractivity (Wildman–Crippen MR) is 49.8 cm³/mol. The number of hydrazine groups is 2. The van der Waals surface area contributed by atoms with Crippen LogP contribution in [0, 0.1) is 0 Å². The van der Waals surface area contributed by atoms with E-state index in [9.17, 15) is 0 Å². The lowest BCUT2D eigenvalue weighted by atomic mass is 10.3. The molecule has 0 radical (unpaired) electrons. The molecule has 0 aromatic rings. The van der Waals surface area contributed by atoms with Crippen molar-refractivity contribution in [1.82, 2.24) is 16.6 Å². The van der Waals surface area contributed by atoms with Crippen molar-refractivity contribution in [2.45, 2.75) is 39.4 Å². The Morgan fingerprint density at radius 2 is 1.92 bits per heavy atom. The van der Waals surface area contributed by atoms with Gasteiger partial charge in [-0.2, -0.15) is 0 Å². The van der Waals surface area contributed by atoms with Crippen LogP contribution >= 0.6 is 0 Å². The number of nitrogens with one attached hydrogen (secondary N) is 3. The van der Waals surface area contributed by atoms with Crippen LogP contribution in [0.2, 0.25) is 0 Å². The Morgan fingerprint density at radius 3 is 2.46 bits per heavy atom. The molecule has 0 heterocycles. The quantitative estimate of drug-likeness (QED) is 0.238. The Labute approximate surface area is 79.0 Å². The van der Waals surface area contributed by atoms with Gasteiger partial charge in [-0.1, -0.05) is 6.92 Å². The third-order valence-electron chi connectivity index (χ3n) is 1.57. The van der Waals surface area contributed by atoms with E-state index < -0.39 is 0 Å². The molecule has 6 heteroatoms. The summed E-state index contributed by atoms with van der Waals surface area (Å²) in [7, 11) is 0. The fourth-order valence-corrected chi connectivity index (χ4v) is 0.569. The molecule has 0 bridgehead atoms. The van der Waals surface area contributed by atoms with Crippen molar-refractivity contribution in [2.75, 3.05) is 6.54 Å². The van der Waals surface area contributed by atoms with Gasteiger partial charge in [0.2, 0.25) is 0 Å². The highest BCUT2D eigenvalue weighted by Crippen LogP contribution is 1.90. The summed E-state index contributed by atoms with van der Waals surface area (Å²) in [5, 5.41) is 0. The number of rotatable bonds is 8. The van der Waals surface area contributed by atoms with Crippen molar-refractivity contribution in [3.63, 3.8) is 0 Å². The molecule has 0 saturated carbocycles. The van der Waals surface area contributed by atoms with E-state index in [0.717, 1.165) is 6.42 Å². The molecule has 0 aliphatic heterocycles. The minimum Gasteiger partial charge on any atom is -0.284 e. The molecule has 2 atom stereocenters. The number of hydrogen-bond donors (Lipinski definition) is 4. The summed E-state index contributed by atoms with van der Waals surface area (Å²) in [6.07, 6.45) is 1.12. The van der Waals surface area contributed by atoms with Crippen LogP contribution < -0.4 is 22.4 Å². The van der Waals surface area contributed by atoms with Gasteiger partial charge >= 0.3 is 0 Å². The monoisotopic (exact) mass is 192 g/mol. The third kappa shape index (κ3) is 8.10. The van der Waals surface area contributed by atoms with E-state index >= 15 is 0 Å². The normalized spacial score (nSPS) is 15.7. The molecule has 0 aromatic carbocycles. The molecular weight excluding hydrogens is 172 g/mol. The second-order valence-corrected chi connectivity index (χ2v) is 2.87. The minimum absolute atomic E-state index is 0.0296. The predicted octanol–water partition coefficient (Wildman–Crippen LogP) is -0.406. The van der Waals surface area contributed by atoms with Crippen LogP contribution in [0.4, 0.5) is 0 Å². The van der Waals surface area contributed by atoms with E-state index in [2.05, 4.69) is 23.5 Å². The van der Waals surface area contributed by atoms with Gasteiger partial charge in [0, 0.05) is 6.54 Å². The lowest BCUT2D eigenvalue weighted by Gasteiger charge is -2.15. The summed E-state index contributed by atoms with van der Waals surface area (Å²) < 4.78 is 0. The molecule has 2 unspecified atom stereocenters. The Bertz CT molecular complexity index is 115. The summed E-state index contributed by atoms with van der Waals surface area (Å²) >= 11 is 0. The van der Waals surface area contributed by atoms with E-state index in [1.54, 1.807) is 0 Å². The summed E-state index contributed by atoms with van der Waals surface area (Å²) in [6.45, 7) is 6.50. The number of hydrogen-bond acceptors (Lipinski definition) is 6. The average molecular weight is 192 g/mol. The van der Waals surface area contributed by atoms with Gasteiger partial charge in [-0.25, -0.2) is 11.3 Å². The zero-order valence-electron chi connectivity index (χ0n) is 8.46. The molecule has 0 aliphatic rings. The lowest BCUT2D eigenvalue weighted by molar-refractivity contribution is -0.0611. The van der Waals surface area contributed by atoms with Crippen molar-refractivity contribution in [2.24, 2.45) is 5.84 Å². The molecule has 13 heavy (non-hydrogen) atoms. The van der Waals surface area contributed by atoms with Crippen LogP contribution in [0.15, 0.2) is 0 Å². The highest BCUT2D eigenvalue weighted by molar-refractivity contribution is 4.48. The maximum absolute atomic E-state index is 5.15. The second kappa shape index (κ2) is 8.36. The summed E-state index contributed by atoms with van der Waals surface area (Å²) in [5.41, 5.74) is 7.59. The molecular formula is C7H20N4O2. The topological polar surface area (TPSA) is 80.6 Å². The molecule has 0 rings (SSSR count). The smallest absolute Gasteiger partial charge is 0.0917 e. The molecule has 0 fully saturated rings. The van der Waals surface area contributed by atoms with Crippen molar-refractivity contribution in [1.29, 1.82) is 0 Å². The minimum atomic E-state index is -0.0296. The first-order chi connectivity index (χ1) is 6.20. The molecule has 0 spiro atoms. The molecule has 0 aliphatic carbocycles. The molecule has 0 amide bonds. The highest BCUT2D eigenvalue weighted by atomic mass is 16.7. The van der Waals surface area contributed by atoms with E-state index in [1.165, 1.54) is 0 Å². The van der Waals surface area contributed by atoms with Gasteiger partial charge in [-0.05, 0) is 20.3 Å². The SMILES string of the molecule is CCC(C)ONNCC(C)ONN. The Kier molecular flexibility index (Phi) is 8.21. The highest BCUT2D eigenvalue weighted by Gasteiger charge is 2.01. The van der Waals surface area contributed by atoms with Gasteiger partial charge in [-0.15, -0.1) is 11.2 Å². The molecule has 0 aromatic heterocycles. The van der Waals surface area contributed by atoms with Gasteiger partial charge in [0.05, 0.1) is 12.2 Å². The van der Waals surface area contributed by atoms with Crippen LogP contribution in [0.3, 0.4) is 0 Å². The van der Waals surface area contributed by atoms with Gasteiger partial charge < -0.3 is 0 Å². The zero-order chi connectivity index (χ0) is 10.1. The Balaban J connectivity index is 3.15. The summed E-state index contributed by atoms with van der Waals surface area (Å²) in [4.78, 5) is 10.00. The van der Waals surface area contributed by atoms with Crippen LogP contribution in [-0.4, -0.2) is 18.8 Å². The van der Waals surface area contributed by atoms with Crippen molar-refractivity contribution >= 4 is 0 Å². The van der Waals surface area contributed by atoms with Gasteiger partial charge in [-0.3, -0.25) is 9.68 Å². The van der Waals surface area contributed by atoms with Crippen molar-refractivity contribution in [3.8, 4) is 0 Å². The maximum atomic E-state index is 5.15. The molecule has 6 nitrogen and oxygen atoms in total. The number of nitrogens with two attached hydrogens (primary N) is 1. The Hall–Kier alpha value is -0.240. The average Bonchev–Trinajstić information content (AvgIpc) is 2.12. The van der Waals surface area contributed by atoms with Gasteiger partial charge in [0.1, 0.15) is 0 Å². The van der Waals surface area contributed by atoms with E-state index in [0.29, 0.717) is 6.54 Å². The first kappa shape index (κ1) is 12.8. The molecule has 80 valence electrons. The van der Waals surface area contributed by atoms with E-state index in [4.69, 9.17) is 15.5 Å².